The van der Waals surface area contributed by atoms with E-state index in [9.17, 15) is 9.18 Å². The van der Waals surface area contributed by atoms with Crippen molar-refractivity contribution >= 4 is 17.4 Å². The molecule has 0 unspecified atom stereocenters. The summed E-state index contributed by atoms with van der Waals surface area (Å²) in [5, 5.41) is 4.06. The molecule has 1 aliphatic heterocycles. The molecular weight excluding hydrogens is 365 g/mol. The fraction of sp³-hybridized carbons (Fsp3) is 0.429. The Balaban J connectivity index is 1.80. The fourth-order valence-corrected chi connectivity index (χ4v) is 3.74. The van der Waals surface area contributed by atoms with Gasteiger partial charge in [-0.05, 0) is 55.7 Å². The summed E-state index contributed by atoms with van der Waals surface area (Å²) in [6.45, 7) is 9.52. The molecule has 0 amide bonds. The third-order valence-corrected chi connectivity index (χ3v) is 5.35. The van der Waals surface area contributed by atoms with Gasteiger partial charge in [0.15, 0.2) is 5.78 Å². The molecule has 0 radical (unpaired) electrons. The Bertz CT molecular complexity index is 856. The summed E-state index contributed by atoms with van der Waals surface area (Å²) in [6.07, 6.45) is 1.62. The maximum atomic E-state index is 13.7. The molecule has 1 atom stereocenters. The SMILES string of the molecule is Cc1ncc(C(=O)Cc2cc(Cl)cc(CN3CCN[C@H](C)C3)c2C)cc1F. The Kier molecular flexibility index (Phi) is 6.25. The predicted molar refractivity (Wildman–Crippen MR) is 106 cm³/mol. The summed E-state index contributed by atoms with van der Waals surface area (Å²) in [7, 11) is 0. The van der Waals surface area contributed by atoms with Crippen LogP contribution in [-0.2, 0) is 13.0 Å². The highest BCUT2D eigenvalue weighted by Crippen LogP contribution is 2.24. The highest BCUT2D eigenvalue weighted by Gasteiger charge is 2.19. The lowest BCUT2D eigenvalue weighted by Crippen LogP contribution is -2.48. The molecule has 1 fully saturated rings. The molecule has 2 aromatic rings. The first-order valence-electron chi connectivity index (χ1n) is 9.22. The molecule has 0 bridgehead atoms. The third kappa shape index (κ3) is 4.92. The number of rotatable bonds is 5. The van der Waals surface area contributed by atoms with Crippen LogP contribution in [0.3, 0.4) is 0 Å². The van der Waals surface area contributed by atoms with E-state index in [4.69, 9.17) is 11.6 Å². The number of hydrogen-bond acceptors (Lipinski definition) is 4. The summed E-state index contributed by atoms with van der Waals surface area (Å²) in [6, 6.07) is 5.53. The van der Waals surface area contributed by atoms with Gasteiger partial charge in [-0.25, -0.2) is 4.39 Å². The molecule has 144 valence electrons. The lowest BCUT2D eigenvalue weighted by atomic mass is 9.96. The largest absolute Gasteiger partial charge is 0.312 e. The Morgan fingerprint density at radius 1 is 1.33 bits per heavy atom. The van der Waals surface area contributed by atoms with Gasteiger partial charge in [0.2, 0.25) is 0 Å². The maximum absolute atomic E-state index is 13.7. The normalized spacial score (nSPS) is 17.9. The predicted octanol–water partition coefficient (Wildman–Crippen LogP) is 3.71. The number of aromatic nitrogens is 1. The average Bonchev–Trinajstić information content (AvgIpc) is 2.61. The van der Waals surface area contributed by atoms with E-state index in [1.807, 2.05) is 19.1 Å². The van der Waals surface area contributed by atoms with Crippen molar-refractivity contribution in [2.75, 3.05) is 19.6 Å². The molecule has 0 spiro atoms. The number of pyridine rings is 1. The lowest BCUT2D eigenvalue weighted by Gasteiger charge is -2.32. The van der Waals surface area contributed by atoms with Crippen LogP contribution in [0.1, 0.15) is 39.7 Å². The Morgan fingerprint density at radius 3 is 2.78 bits per heavy atom. The second kappa shape index (κ2) is 8.46. The van der Waals surface area contributed by atoms with Gasteiger partial charge in [0.05, 0.1) is 5.69 Å². The number of benzene rings is 1. The quantitative estimate of drug-likeness (QED) is 0.792. The van der Waals surface area contributed by atoms with Crippen LogP contribution in [0, 0.1) is 19.7 Å². The van der Waals surface area contributed by atoms with Crippen LogP contribution in [0.4, 0.5) is 4.39 Å². The second-order valence-electron chi connectivity index (χ2n) is 7.33. The van der Waals surface area contributed by atoms with Crippen LogP contribution in [-0.4, -0.2) is 41.3 Å². The first-order chi connectivity index (χ1) is 12.8. The summed E-state index contributed by atoms with van der Waals surface area (Å²) >= 11 is 6.33. The van der Waals surface area contributed by atoms with Crippen LogP contribution in [0.15, 0.2) is 24.4 Å². The first kappa shape index (κ1) is 19.9. The summed E-state index contributed by atoms with van der Waals surface area (Å²) in [5.74, 6) is -0.620. The minimum absolute atomic E-state index is 0.159. The molecule has 3 rings (SSSR count). The molecule has 4 nitrogen and oxygen atoms in total. The first-order valence-corrected chi connectivity index (χ1v) is 9.60. The van der Waals surface area contributed by atoms with E-state index < -0.39 is 5.82 Å². The fourth-order valence-electron chi connectivity index (χ4n) is 3.48. The Labute approximate surface area is 164 Å². The highest BCUT2D eigenvalue weighted by atomic mass is 35.5. The van der Waals surface area contributed by atoms with Gasteiger partial charge in [-0.3, -0.25) is 14.7 Å². The molecule has 1 aliphatic rings. The van der Waals surface area contributed by atoms with Gasteiger partial charge in [-0.1, -0.05) is 11.6 Å². The topological polar surface area (TPSA) is 45.2 Å². The number of ketones is 1. The number of halogens is 2. The van der Waals surface area contributed by atoms with Crippen molar-refractivity contribution in [2.24, 2.45) is 0 Å². The molecule has 1 N–H and O–H groups in total. The number of carbonyl (C=O) groups is 1. The molecule has 6 heteroatoms. The van der Waals surface area contributed by atoms with Crippen LogP contribution in [0.2, 0.25) is 5.02 Å². The second-order valence-corrected chi connectivity index (χ2v) is 7.77. The molecule has 1 saturated heterocycles. The van der Waals surface area contributed by atoms with E-state index in [0.29, 0.717) is 11.1 Å². The van der Waals surface area contributed by atoms with Crippen molar-refractivity contribution in [3.8, 4) is 0 Å². The molecule has 27 heavy (non-hydrogen) atoms. The van der Waals surface area contributed by atoms with Crippen LogP contribution in [0.25, 0.3) is 0 Å². The highest BCUT2D eigenvalue weighted by molar-refractivity contribution is 6.30. The van der Waals surface area contributed by atoms with Gasteiger partial charge < -0.3 is 5.32 Å². The molecule has 1 aromatic heterocycles. The molecule has 2 heterocycles. The minimum atomic E-state index is -0.461. The number of nitrogens with zero attached hydrogens (tertiary/aromatic N) is 2. The van der Waals surface area contributed by atoms with E-state index in [0.717, 1.165) is 42.9 Å². The van der Waals surface area contributed by atoms with E-state index in [1.165, 1.54) is 12.3 Å². The zero-order chi connectivity index (χ0) is 19.6. The number of Topliss-reactive ketones (excluding diaryl/α,β-unsaturated/α-hetero) is 1. The van der Waals surface area contributed by atoms with Gasteiger partial charge in [-0.2, -0.15) is 0 Å². The summed E-state index contributed by atoms with van der Waals surface area (Å²) < 4.78 is 13.7. The zero-order valence-electron chi connectivity index (χ0n) is 16.0. The van der Waals surface area contributed by atoms with Crippen molar-refractivity contribution in [3.05, 3.63) is 63.2 Å². The monoisotopic (exact) mass is 389 g/mol. The number of nitrogens with one attached hydrogen (secondary N) is 1. The van der Waals surface area contributed by atoms with Gasteiger partial charge in [-0.15, -0.1) is 0 Å². The molecular formula is C21H25ClFN3O. The average molecular weight is 390 g/mol. The van der Waals surface area contributed by atoms with E-state index in [-0.39, 0.29) is 23.5 Å². The molecule has 1 aromatic carbocycles. The third-order valence-electron chi connectivity index (χ3n) is 5.13. The van der Waals surface area contributed by atoms with E-state index in [2.05, 4.69) is 22.1 Å². The van der Waals surface area contributed by atoms with Crippen molar-refractivity contribution < 1.29 is 9.18 Å². The van der Waals surface area contributed by atoms with Crippen LogP contribution < -0.4 is 5.32 Å². The molecule has 0 aliphatic carbocycles. The number of aryl methyl sites for hydroxylation is 1. The van der Waals surface area contributed by atoms with E-state index in [1.54, 1.807) is 6.92 Å². The summed E-state index contributed by atoms with van der Waals surface area (Å²) in [5.41, 5.74) is 3.66. The maximum Gasteiger partial charge on any atom is 0.168 e. The van der Waals surface area contributed by atoms with Gasteiger partial charge in [0, 0.05) is 55.4 Å². The van der Waals surface area contributed by atoms with Crippen LogP contribution >= 0.6 is 11.6 Å². The molecule has 0 saturated carbocycles. The minimum Gasteiger partial charge on any atom is -0.312 e. The lowest BCUT2D eigenvalue weighted by molar-refractivity contribution is 0.0992. The zero-order valence-corrected chi connectivity index (χ0v) is 16.7. The number of carbonyl (C=O) groups excluding carboxylic acids is 1. The Hall–Kier alpha value is -1.82. The van der Waals surface area contributed by atoms with Crippen LogP contribution in [0.5, 0.6) is 0 Å². The van der Waals surface area contributed by atoms with Gasteiger partial charge in [0.1, 0.15) is 5.82 Å². The Morgan fingerprint density at radius 2 is 2.07 bits per heavy atom. The smallest absolute Gasteiger partial charge is 0.168 e. The van der Waals surface area contributed by atoms with Crippen molar-refractivity contribution in [3.63, 3.8) is 0 Å². The van der Waals surface area contributed by atoms with E-state index >= 15 is 0 Å². The van der Waals surface area contributed by atoms with Crippen molar-refractivity contribution in [1.82, 2.24) is 15.2 Å². The van der Waals surface area contributed by atoms with Gasteiger partial charge >= 0.3 is 0 Å². The van der Waals surface area contributed by atoms with Crippen molar-refractivity contribution in [2.45, 2.75) is 39.8 Å². The van der Waals surface area contributed by atoms with Gasteiger partial charge in [0.25, 0.3) is 0 Å². The standard InChI is InChI=1S/C21H25ClFN3O/c1-13-11-26(5-4-24-13)12-18-7-19(22)6-16(14(18)2)9-21(27)17-8-20(23)15(3)25-10-17/h6-8,10,13,24H,4-5,9,11-12H2,1-3H3/t13-/m1/s1. The number of piperazine rings is 1. The van der Waals surface area contributed by atoms with Crippen molar-refractivity contribution in [1.29, 1.82) is 0 Å². The number of hydrogen-bond donors (Lipinski definition) is 1. The summed E-state index contributed by atoms with van der Waals surface area (Å²) in [4.78, 5) is 19.0.